The SMILES string of the molecule is O=C(C1CCOC1)N1CCCCC(c2ccc(F)cc2)C1. The van der Waals surface area contributed by atoms with Crippen LogP contribution >= 0.6 is 0 Å². The number of benzene rings is 1. The zero-order valence-corrected chi connectivity index (χ0v) is 12.3. The zero-order chi connectivity index (χ0) is 14.7. The molecule has 3 rings (SSSR count). The van der Waals surface area contributed by atoms with Crippen LogP contribution in [0.25, 0.3) is 0 Å². The van der Waals surface area contributed by atoms with Crippen molar-refractivity contribution in [3.8, 4) is 0 Å². The van der Waals surface area contributed by atoms with Gasteiger partial charge in [-0.05, 0) is 37.0 Å². The average Bonchev–Trinajstić information content (AvgIpc) is 2.92. The molecular weight excluding hydrogens is 269 g/mol. The van der Waals surface area contributed by atoms with Crippen molar-refractivity contribution >= 4 is 5.91 Å². The number of carbonyl (C=O) groups is 1. The van der Waals surface area contributed by atoms with Crippen molar-refractivity contribution < 1.29 is 13.9 Å². The largest absolute Gasteiger partial charge is 0.381 e. The Morgan fingerprint density at radius 3 is 2.71 bits per heavy atom. The summed E-state index contributed by atoms with van der Waals surface area (Å²) < 4.78 is 18.4. The molecule has 2 aliphatic heterocycles. The third-order valence-corrected chi connectivity index (χ3v) is 4.60. The van der Waals surface area contributed by atoms with Gasteiger partial charge in [0, 0.05) is 25.6 Å². The summed E-state index contributed by atoms with van der Waals surface area (Å²) in [5.41, 5.74) is 1.14. The van der Waals surface area contributed by atoms with Crippen molar-refractivity contribution in [2.75, 3.05) is 26.3 Å². The van der Waals surface area contributed by atoms with E-state index in [9.17, 15) is 9.18 Å². The van der Waals surface area contributed by atoms with Gasteiger partial charge >= 0.3 is 0 Å². The van der Waals surface area contributed by atoms with Crippen LogP contribution in [0.3, 0.4) is 0 Å². The van der Waals surface area contributed by atoms with Crippen LogP contribution < -0.4 is 0 Å². The minimum atomic E-state index is -0.205. The highest BCUT2D eigenvalue weighted by molar-refractivity contribution is 5.79. The number of likely N-dealkylation sites (tertiary alicyclic amines) is 1. The third kappa shape index (κ3) is 3.43. The summed E-state index contributed by atoms with van der Waals surface area (Å²) in [6.07, 6.45) is 4.08. The quantitative estimate of drug-likeness (QED) is 0.838. The molecule has 0 spiro atoms. The van der Waals surface area contributed by atoms with Crippen molar-refractivity contribution in [1.29, 1.82) is 0 Å². The highest BCUT2D eigenvalue weighted by Crippen LogP contribution is 2.28. The lowest BCUT2D eigenvalue weighted by atomic mass is 9.94. The Morgan fingerprint density at radius 2 is 2.00 bits per heavy atom. The van der Waals surface area contributed by atoms with Gasteiger partial charge in [0.25, 0.3) is 0 Å². The van der Waals surface area contributed by atoms with E-state index in [0.29, 0.717) is 19.1 Å². The predicted octanol–water partition coefficient (Wildman–Crippen LogP) is 2.96. The molecule has 2 atom stereocenters. The number of nitrogens with zero attached hydrogens (tertiary/aromatic N) is 1. The predicted molar refractivity (Wildman–Crippen MR) is 78.5 cm³/mol. The fraction of sp³-hybridized carbons (Fsp3) is 0.588. The van der Waals surface area contributed by atoms with Crippen molar-refractivity contribution in [2.45, 2.75) is 31.6 Å². The summed E-state index contributed by atoms with van der Waals surface area (Å²) in [6, 6.07) is 6.73. The molecule has 1 aromatic carbocycles. The Bertz CT molecular complexity index is 482. The van der Waals surface area contributed by atoms with E-state index in [1.807, 2.05) is 17.0 Å². The van der Waals surface area contributed by atoms with E-state index in [4.69, 9.17) is 4.74 Å². The number of hydrogen-bond acceptors (Lipinski definition) is 2. The molecule has 2 saturated heterocycles. The van der Waals surface area contributed by atoms with Gasteiger partial charge in [0.1, 0.15) is 5.82 Å². The summed E-state index contributed by atoms with van der Waals surface area (Å²) in [4.78, 5) is 14.6. The molecule has 2 fully saturated rings. The van der Waals surface area contributed by atoms with Crippen LogP contribution in [0.5, 0.6) is 0 Å². The lowest BCUT2D eigenvalue weighted by Gasteiger charge is -2.27. The van der Waals surface area contributed by atoms with E-state index in [1.165, 1.54) is 12.1 Å². The van der Waals surface area contributed by atoms with Crippen LogP contribution in [0.2, 0.25) is 0 Å². The Hall–Kier alpha value is -1.42. The molecule has 0 saturated carbocycles. The van der Waals surface area contributed by atoms with E-state index in [-0.39, 0.29) is 17.6 Å². The maximum absolute atomic E-state index is 13.1. The molecule has 2 unspecified atom stereocenters. The fourth-order valence-electron chi connectivity index (χ4n) is 3.34. The van der Waals surface area contributed by atoms with Crippen molar-refractivity contribution in [2.24, 2.45) is 5.92 Å². The van der Waals surface area contributed by atoms with E-state index in [0.717, 1.165) is 44.3 Å². The van der Waals surface area contributed by atoms with Gasteiger partial charge in [0.15, 0.2) is 0 Å². The van der Waals surface area contributed by atoms with Gasteiger partial charge in [-0.25, -0.2) is 4.39 Å². The minimum absolute atomic E-state index is 0.0389. The lowest BCUT2D eigenvalue weighted by Crippen LogP contribution is -2.38. The number of ether oxygens (including phenoxy) is 1. The van der Waals surface area contributed by atoms with Crippen molar-refractivity contribution in [3.63, 3.8) is 0 Å². The maximum atomic E-state index is 13.1. The monoisotopic (exact) mass is 291 g/mol. The molecule has 2 aliphatic rings. The second-order valence-corrected chi connectivity index (χ2v) is 6.09. The molecule has 3 nitrogen and oxygen atoms in total. The van der Waals surface area contributed by atoms with Gasteiger partial charge in [-0.15, -0.1) is 0 Å². The number of rotatable bonds is 2. The highest BCUT2D eigenvalue weighted by atomic mass is 19.1. The molecular formula is C17H22FNO2. The molecule has 1 aromatic rings. The molecule has 114 valence electrons. The van der Waals surface area contributed by atoms with Crippen LogP contribution in [0.15, 0.2) is 24.3 Å². The van der Waals surface area contributed by atoms with E-state index in [1.54, 1.807) is 0 Å². The molecule has 0 N–H and O–H groups in total. The Kier molecular flexibility index (Phi) is 4.54. The molecule has 21 heavy (non-hydrogen) atoms. The first-order chi connectivity index (χ1) is 10.2. The molecule has 4 heteroatoms. The Labute approximate surface area is 125 Å². The minimum Gasteiger partial charge on any atom is -0.381 e. The molecule has 0 bridgehead atoms. The van der Waals surface area contributed by atoms with Gasteiger partial charge in [-0.2, -0.15) is 0 Å². The van der Waals surface area contributed by atoms with Gasteiger partial charge in [-0.3, -0.25) is 4.79 Å². The summed E-state index contributed by atoms with van der Waals surface area (Å²) in [5.74, 6) is 0.390. The normalized spacial score (nSPS) is 26.6. The van der Waals surface area contributed by atoms with Crippen molar-refractivity contribution in [3.05, 3.63) is 35.6 Å². The second kappa shape index (κ2) is 6.56. The zero-order valence-electron chi connectivity index (χ0n) is 12.3. The van der Waals surface area contributed by atoms with Gasteiger partial charge in [-0.1, -0.05) is 18.6 Å². The first-order valence-corrected chi connectivity index (χ1v) is 7.86. The van der Waals surface area contributed by atoms with Crippen molar-refractivity contribution in [1.82, 2.24) is 4.90 Å². The lowest BCUT2D eigenvalue weighted by molar-refractivity contribution is -0.135. The molecule has 0 radical (unpaired) electrons. The first-order valence-electron chi connectivity index (χ1n) is 7.86. The van der Waals surface area contributed by atoms with Gasteiger partial charge in [0.2, 0.25) is 5.91 Å². The maximum Gasteiger partial charge on any atom is 0.228 e. The van der Waals surface area contributed by atoms with E-state index < -0.39 is 0 Å². The average molecular weight is 291 g/mol. The number of amides is 1. The summed E-state index contributed by atoms with van der Waals surface area (Å²) >= 11 is 0. The first kappa shape index (κ1) is 14.5. The third-order valence-electron chi connectivity index (χ3n) is 4.60. The van der Waals surface area contributed by atoms with Crippen LogP contribution in [0.4, 0.5) is 4.39 Å². The smallest absolute Gasteiger partial charge is 0.228 e. The second-order valence-electron chi connectivity index (χ2n) is 6.09. The highest BCUT2D eigenvalue weighted by Gasteiger charge is 2.30. The topological polar surface area (TPSA) is 29.5 Å². The summed E-state index contributed by atoms with van der Waals surface area (Å²) in [7, 11) is 0. The molecule has 0 aromatic heterocycles. The van der Waals surface area contributed by atoms with Gasteiger partial charge in [0.05, 0.1) is 12.5 Å². The number of halogens is 1. The Morgan fingerprint density at radius 1 is 1.19 bits per heavy atom. The van der Waals surface area contributed by atoms with E-state index in [2.05, 4.69) is 0 Å². The Balaban J connectivity index is 1.70. The fourth-order valence-corrected chi connectivity index (χ4v) is 3.34. The van der Waals surface area contributed by atoms with E-state index >= 15 is 0 Å². The number of carbonyl (C=O) groups excluding carboxylic acids is 1. The summed E-state index contributed by atoms with van der Waals surface area (Å²) in [5, 5.41) is 0. The standard InChI is InChI=1S/C17H22FNO2/c18-16-6-4-13(5-7-16)14-3-1-2-9-19(11-14)17(20)15-8-10-21-12-15/h4-7,14-15H,1-3,8-12H2. The molecule has 0 aliphatic carbocycles. The molecule has 1 amide bonds. The van der Waals surface area contributed by atoms with Crippen LogP contribution in [0.1, 0.15) is 37.2 Å². The van der Waals surface area contributed by atoms with Crippen LogP contribution in [0, 0.1) is 11.7 Å². The van der Waals surface area contributed by atoms with Crippen LogP contribution in [-0.4, -0.2) is 37.1 Å². The van der Waals surface area contributed by atoms with Crippen LogP contribution in [-0.2, 0) is 9.53 Å². The van der Waals surface area contributed by atoms with Gasteiger partial charge < -0.3 is 9.64 Å². The number of hydrogen-bond donors (Lipinski definition) is 0. The summed E-state index contributed by atoms with van der Waals surface area (Å²) in [6.45, 7) is 2.86. The molecule has 2 heterocycles.